The molecule has 5 nitrogen and oxygen atoms in total. The Labute approximate surface area is 102 Å². The second-order valence-electron chi connectivity index (χ2n) is 4.05. The minimum atomic E-state index is 0.0469. The first-order chi connectivity index (χ1) is 8.15. The van der Waals surface area contributed by atoms with Crippen LogP contribution in [0.2, 0.25) is 0 Å². The molecule has 0 bridgehead atoms. The second kappa shape index (κ2) is 6.92. The molecule has 1 aliphatic heterocycles. The Morgan fingerprint density at radius 3 is 2.53 bits per heavy atom. The average Bonchev–Trinajstić information content (AvgIpc) is 2.54. The van der Waals surface area contributed by atoms with Crippen molar-refractivity contribution in [2.24, 2.45) is 0 Å². The fourth-order valence-electron chi connectivity index (χ4n) is 1.84. The number of rotatable bonds is 3. The predicted octanol–water partition coefficient (Wildman–Crippen LogP) is -0.710. The second-order valence-corrected chi connectivity index (χ2v) is 4.05. The third kappa shape index (κ3) is 4.45. The molecule has 1 rings (SSSR count). The summed E-state index contributed by atoms with van der Waals surface area (Å²) in [7, 11) is 0. The molecular formula is C12H19N3O2. The van der Waals surface area contributed by atoms with Crippen LogP contribution in [-0.4, -0.2) is 60.9 Å². The average molecular weight is 237 g/mol. The summed E-state index contributed by atoms with van der Waals surface area (Å²) in [6, 6.07) is 0. The molecule has 0 aliphatic carbocycles. The molecule has 5 heteroatoms. The Morgan fingerprint density at radius 2 is 1.88 bits per heavy atom. The van der Waals surface area contributed by atoms with Gasteiger partial charge in [-0.05, 0) is 6.42 Å². The summed E-state index contributed by atoms with van der Waals surface area (Å²) < 4.78 is 0. The van der Waals surface area contributed by atoms with E-state index in [2.05, 4.69) is 11.2 Å². The van der Waals surface area contributed by atoms with Crippen molar-refractivity contribution >= 4 is 11.8 Å². The lowest BCUT2D eigenvalue weighted by Gasteiger charge is -2.21. The van der Waals surface area contributed by atoms with E-state index in [9.17, 15) is 9.59 Å². The molecule has 0 unspecified atom stereocenters. The van der Waals surface area contributed by atoms with E-state index in [4.69, 9.17) is 6.42 Å². The van der Waals surface area contributed by atoms with Gasteiger partial charge in [0.25, 0.3) is 0 Å². The third-order valence-corrected chi connectivity index (χ3v) is 2.80. The van der Waals surface area contributed by atoms with Gasteiger partial charge in [0, 0.05) is 33.1 Å². The molecule has 0 spiro atoms. The number of hydrogen-bond donors (Lipinski definition) is 1. The summed E-state index contributed by atoms with van der Waals surface area (Å²) in [4.78, 5) is 26.6. The molecule has 1 aliphatic rings. The van der Waals surface area contributed by atoms with E-state index in [1.54, 1.807) is 16.7 Å². The quantitative estimate of drug-likeness (QED) is 0.521. The Kier molecular flexibility index (Phi) is 5.50. The van der Waals surface area contributed by atoms with Crippen molar-refractivity contribution in [3.05, 3.63) is 0 Å². The number of amides is 2. The van der Waals surface area contributed by atoms with E-state index in [-0.39, 0.29) is 18.4 Å². The van der Waals surface area contributed by atoms with E-state index in [1.165, 1.54) is 0 Å². The Bertz CT molecular complexity index is 322. The molecule has 0 aromatic rings. The highest BCUT2D eigenvalue weighted by Gasteiger charge is 2.19. The normalized spacial score (nSPS) is 16.2. The summed E-state index contributed by atoms with van der Waals surface area (Å²) in [6.45, 7) is 4.90. The van der Waals surface area contributed by atoms with E-state index in [0.29, 0.717) is 26.2 Å². The van der Waals surface area contributed by atoms with E-state index < -0.39 is 0 Å². The fraction of sp³-hybridized carbons (Fsp3) is 0.667. The van der Waals surface area contributed by atoms with Crippen molar-refractivity contribution in [1.82, 2.24) is 15.1 Å². The lowest BCUT2D eigenvalue weighted by atomic mass is 10.3. The zero-order valence-corrected chi connectivity index (χ0v) is 10.2. The number of carbonyl (C=O) groups is 2. The number of hydrogen-bond acceptors (Lipinski definition) is 3. The smallest absolute Gasteiger partial charge is 0.236 e. The van der Waals surface area contributed by atoms with E-state index in [1.807, 2.05) is 0 Å². The SMILES string of the molecule is C#CCNCC(=O)N1CCCN(C(C)=O)CC1. The van der Waals surface area contributed by atoms with Gasteiger partial charge in [0.05, 0.1) is 13.1 Å². The monoisotopic (exact) mass is 237 g/mol. The summed E-state index contributed by atoms with van der Waals surface area (Å²) in [5.74, 6) is 2.55. The molecule has 17 heavy (non-hydrogen) atoms. The molecule has 1 saturated heterocycles. The molecule has 0 radical (unpaired) electrons. The van der Waals surface area contributed by atoms with Crippen LogP contribution in [0.1, 0.15) is 13.3 Å². The Hall–Kier alpha value is -1.54. The standard InChI is InChI=1S/C12H19N3O2/c1-3-5-13-10-12(17)15-7-4-6-14(8-9-15)11(2)16/h1,13H,4-10H2,2H3. The van der Waals surface area contributed by atoms with Crippen molar-refractivity contribution in [2.75, 3.05) is 39.3 Å². The first kappa shape index (κ1) is 13.5. The summed E-state index contributed by atoms with van der Waals surface area (Å²) in [5, 5.41) is 2.88. The van der Waals surface area contributed by atoms with Crippen LogP contribution in [0.4, 0.5) is 0 Å². The zero-order chi connectivity index (χ0) is 12.7. The van der Waals surface area contributed by atoms with Crippen molar-refractivity contribution in [3.63, 3.8) is 0 Å². The van der Waals surface area contributed by atoms with Crippen molar-refractivity contribution in [1.29, 1.82) is 0 Å². The van der Waals surface area contributed by atoms with Crippen LogP contribution in [0.3, 0.4) is 0 Å². The van der Waals surface area contributed by atoms with Crippen LogP contribution in [0.25, 0.3) is 0 Å². The predicted molar refractivity (Wildman–Crippen MR) is 65.2 cm³/mol. The summed E-state index contributed by atoms with van der Waals surface area (Å²) in [5.41, 5.74) is 0. The van der Waals surface area contributed by atoms with Crippen LogP contribution in [0.15, 0.2) is 0 Å². The van der Waals surface area contributed by atoms with Crippen molar-refractivity contribution < 1.29 is 9.59 Å². The molecule has 1 fully saturated rings. The van der Waals surface area contributed by atoms with Gasteiger partial charge in [0.15, 0.2) is 0 Å². The molecule has 0 aromatic carbocycles. The maximum absolute atomic E-state index is 11.8. The first-order valence-electron chi connectivity index (χ1n) is 5.82. The van der Waals surface area contributed by atoms with Gasteiger partial charge < -0.3 is 9.80 Å². The maximum Gasteiger partial charge on any atom is 0.236 e. The van der Waals surface area contributed by atoms with Gasteiger partial charge in [-0.1, -0.05) is 5.92 Å². The minimum Gasteiger partial charge on any atom is -0.341 e. The molecule has 1 heterocycles. The van der Waals surface area contributed by atoms with E-state index in [0.717, 1.165) is 13.0 Å². The summed E-state index contributed by atoms with van der Waals surface area (Å²) in [6.07, 6.45) is 5.92. The highest BCUT2D eigenvalue weighted by molar-refractivity contribution is 5.78. The highest BCUT2D eigenvalue weighted by atomic mass is 16.2. The maximum atomic E-state index is 11.8. The lowest BCUT2D eigenvalue weighted by Crippen LogP contribution is -2.41. The molecule has 0 atom stereocenters. The number of nitrogens with one attached hydrogen (secondary N) is 1. The summed E-state index contributed by atoms with van der Waals surface area (Å²) >= 11 is 0. The van der Waals surface area contributed by atoms with Crippen LogP contribution in [-0.2, 0) is 9.59 Å². The number of terminal acetylenes is 1. The van der Waals surface area contributed by atoms with Crippen LogP contribution < -0.4 is 5.32 Å². The molecule has 1 N–H and O–H groups in total. The number of carbonyl (C=O) groups excluding carboxylic acids is 2. The molecular weight excluding hydrogens is 218 g/mol. The van der Waals surface area contributed by atoms with E-state index >= 15 is 0 Å². The van der Waals surface area contributed by atoms with Crippen LogP contribution in [0.5, 0.6) is 0 Å². The van der Waals surface area contributed by atoms with Gasteiger partial charge in [-0.3, -0.25) is 14.9 Å². The van der Waals surface area contributed by atoms with Crippen LogP contribution in [0, 0.1) is 12.3 Å². The van der Waals surface area contributed by atoms with Gasteiger partial charge >= 0.3 is 0 Å². The van der Waals surface area contributed by atoms with Crippen molar-refractivity contribution in [3.8, 4) is 12.3 Å². The van der Waals surface area contributed by atoms with Gasteiger partial charge in [0.2, 0.25) is 11.8 Å². The molecule has 2 amide bonds. The van der Waals surface area contributed by atoms with Gasteiger partial charge in [0.1, 0.15) is 0 Å². The Balaban J connectivity index is 2.38. The zero-order valence-electron chi connectivity index (χ0n) is 10.2. The Morgan fingerprint density at radius 1 is 1.24 bits per heavy atom. The third-order valence-electron chi connectivity index (χ3n) is 2.80. The first-order valence-corrected chi connectivity index (χ1v) is 5.82. The molecule has 94 valence electrons. The topological polar surface area (TPSA) is 52.7 Å². The molecule has 0 saturated carbocycles. The van der Waals surface area contributed by atoms with Crippen molar-refractivity contribution in [2.45, 2.75) is 13.3 Å². The minimum absolute atomic E-state index is 0.0469. The van der Waals surface area contributed by atoms with Gasteiger partial charge in [-0.25, -0.2) is 0 Å². The highest BCUT2D eigenvalue weighted by Crippen LogP contribution is 2.03. The fourth-order valence-corrected chi connectivity index (χ4v) is 1.84. The number of nitrogens with zero attached hydrogens (tertiary/aromatic N) is 2. The lowest BCUT2D eigenvalue weighted by molar-refractivity contribution is -0.131. The largest absolute Gasteiger partial charge is 0.341 e. The van der Waals surface area contributed by atoms with Crippen LogP contribution >= 0.6 is 0 Å². The van der Waals surface area contributed by atoms with Gasteiger partial charge in [-0.2, -0.15) is 0 Å². The van der Waals surface area contributed by atoms with Gasteiger partial charge in [-0.15, -0.1) is 6.42 Å². The molecule has 0 aromatic heterocycles.